The van der Waals surface area contributed by atoms with Crippen LogP contribution in [0.3, 0.4) is 0 Å². The van der Waals surface area contributed by atoms with E-state index >= 15 is 0 Å². The van der Waals surface area contributed by atoms with E-state index < -0.39 is 0 Å². The number of aldehydes is 1. The second-order valence-electron chi connectivity index (χ2n) is 5.42. The van der Waals surface area contributed by atoms with Gasteiger partial charge in [0.05, 0.1) is 0 Å². The first-order valence-electron chi connectivity index (χ1n) is 7.84. The van der Waals surface area contributed by atoms with E-state index in [-0.39, 0.29) is 0 Å². The molecule has 0 aliphatic rings. The molecule has 24 heavy (non-hydrogen) atoms. The summed E-state index contributed by atoms with van der Waals surface area (Å²) in [6.45, 7) is 0.562. The van der Waals surface area contributed by atoms with Crippen LogP contribution in [-0.4, -0.2) is 6.29 Å². The molecule has 0 saturated heterocycles. The SMILES string of the molecule is O=C/C=C/c1cccc(-c2ccc(OCc3ccccc3)cc2)c1. The smallest absolute Gasteiger partial charge is 0.142 e. The van der Waals surface area contributed by atoms with E-state index in [9.17, 15) is 4.79 Å². The van der Waals surface area contributed by atoms with E-state index in [4.69, 9.17) is 4.74 Å². The van der Waals surface area contributed by atoms with Crippen LogP contribution < -0.4 is 4.74 Å². The van der Waals surface area contributed by atoms with Crippen LogP contribution in [0.2, 0.25) is 0 Å². The predicted octanol–water partition coefficient (Wildman–Crippen LogP) is 5.14. The number of rotatable bonds is 6. The molecule has 0 bridgehead atoms. The first-order chi connectivity index (χ1) is 11.8. The third-order valence-electron chi connectivity index (χ3n) is 3.69. The monoisotopic (exact) mass is 314 g/mol. The van der Waals surface area contributed by atoms with Crippen molar-refractivity contribution in [1.29, 1.82) is 0 Å². The Morgan fingerprint density at radius 2 is 1.58 bits per heavy atom. The van der Waals surface area contributed by atoms with Gasteiger partial charge in [-0.25, -0.2) is 0 Å². The molecule has 0 N–H and O–H groups in total. The van der Waals surface area contributed by atoms with Gasteiger partial charge in [0.15, 0.2) is 0 Å². The van der Waals surface area contributed by atoms with Crippen LogP contribution >= 0.6 is 0 Å². The van der Waals surface area contributed by atoms with E-state index in [1.54, 1.807) is 6.08 Å². The molecule has 3 rings (SSSR count). The van der Waals surface area contributed by atoms with Gasteiger partial charge in [0, 0.05) is 0 Å². The minimum atomic E-state index is 0.562. The zero-order chi connectivity index (χ0) is 16.6. The van der Waals surface area contributed by atoms with Crippen molar-refractivity contribution < 1.29 is 9.53 Å². The van der Waals surface area contributed by atoms with E-state index in [1.165, 1.54) is 6.08 Å². The molecule has 0 spiro atoms. The zero-order valence-electron chi connectivity index (χ0n) is 13.3. The summed E-state index contributed by atoms with van der Waals surface area (Å²) in [6, 6.07) is 26.2. The molecule has 0 atom stereocenters. The molecule has 0 aliphatic heterocycles. The van der Waals surface area contributed by atoms with Crippen molar-refractivity contribution in [2.75, 3.05) is 0 Å². The first kappa shape index (κ1) is 15.8. The number of benzene rings is 3. The van der Waals surface area contributed by atoms with Gasteiger partial charge >= 0.3 is 0 Å². The van der Waals surface area contributed by atoms with Gasteiger partial charge in [0.2, 0.25) is 0 Å². The molecule has 2 heteroatoms. The van der Waals surface area contributed by atoms with E-state index in [0.717, 1.165) is 34.3 Å². The maximum Gasteiger partial charge on any atom is 0.142 e. The van der Waals surface area contributed by atoms with Crippen molar-refractivity contribution in [2.24, 2.45) is 0 Å². The first-order valence-corrected chi connectivity index (χ1v) is 7.84. The van der Waals surface area contributed by atoms with Gasteiger partial charge in [0.25, 0.3) is 0 Å². The van der Waals surface area contributed by atoms with Crippen LogP contribution in [0.5, 0.6) is 5.75 Å². The van der Waals surface area contributed by atoms with Gasteiger partial charge < -0.3 is 4.74 Å². The number of carbonyl (C=O) groups is 1. The lowest BCUT2D eigenvalue weighted by Crippen LogP contribution is -1.94. The number of ether oxygens (including phenoxy) is 1. The van der Waals surface area contributed by atoms with Crippen molar-refractivity contribution in [3.8, 4) is 16.9 Å². The van der Waals surface area contributed by atoms with Crippen LogP contribution in [-0.2, 0) is 11.4 Å². The quantitative estimate of drug-likeness (QED) is 0.465. The minimum Gasteiger partial charge on any atom is -0.489 e. The topological polar surface area (TPSA) is 26.3 Å². The average molecular weight is 314 g/mol. The maximum atomic E-state index is 10.4. The molecule has 2 nitrogen and oxygen atoms in total. The number of hydrogen-bond donors (Lipinski definition) is 0. The van der Waals surface area contributed by atoms with Gasteiger partial charge in [-0.2, -0.15) is 0 Å². The number of hydrogen-bond acceptors (Lipinski definition) is 2. The summed E-state index contributed by atoms with van der Waals surface area (Å²) >= 11 is 0. The molecular weight excluding hydrogens is 296 g/mol. The number of allylic oxidation sites excluding steroid dienone is 1. The lowest BCUT2D eigenvalue weighted by molar-refractivity contribution is -0.104. The van der Waals surface area contributed by atoms with E-state index in [2.05, 4.69) is 12.1 Å². The maximum absolute atomic E-state index is 10.4. The van der Waals surface area contributed by atoms with Crippen LogP contribution in [0.4, 0.5) is 0 Å². The largest absolute Gasteiger partial charge is 0.489 e. The summed E-state index contributed by atoms with van der Waals surface area (Å²) in [5.41, 5.74) is 4.38. The lowest BCUT2D eigenvalue weighted by atomic mass is 10.0. The predicted molar refractivity (Wildman–Crippen MR) is 97.8 cm³/mol. The standard InChI is InChI=1S/C22H18O2/c23-15-5-9-18-8-4-10-21(16-18)20-11-13-22(14-12-20)24-17-19-6-2-1-3-7-19/h1-16H,17H2/b9-5+. The molecule has 3 aromatic carbocycles. The molecule has 0 aliphatic carbocycles. The molecule has 118 valence electrons. The van der Waals surface area contributed by atoms with Crippen LogP contribution in [0.25, 0.3) is 17.2 Å². The second kappa shape index (κ2) is 7.93. The molecule has 0 amide bonds. The van der Waals surface area contributed by atoms with E-state index in [0.29, 0.717) is 6.61 Å². The normalized spacial score (nSPS) is 10.7. The summed E-state index contributed by atoms with van der Waals surface area (Å²) in [7, 11) is 0. The molecule has 0 saturated carbocycles. The van der Waals surface area contributed by atoms with Gasteiger partial charge in [-0.05, 0) is 46.5 Å². The summed E-state index contributed by atoms with van der Waals surface area (Å²) in [6.07, 6.45) is 4.08. The second-order valence-corrected chi connectivity index (χ2v) is 5.42. The highest BCUT2D eigenvalue weighted by atomic mass is 16.5. The fourth-order valence-corrected chi connectivity index (χ4v) is 2.46. The van der Waals surface area contributed by atoms with Crippen molar-refractivity contribution in [3.05, 3.63) is 96.1 Å². The summed E-state index contributed by atoms with van der Waals surface area (Å²) in [5.74, 6) is 0.847. The Morgan fingerprint density at radius 1 is 0.792 bits per heavy atom. The van der Waals surface area contributed by atoms with Crippen LogP contribution in [0.15, 0.2) is 84.9 Å². The van der Waals surface area contributed by atoms with Gasteiger partial charge in [0.1, 0.15) is 18.6 Å². The number of carbonyl (C=O) groups excluding carboxylic acids is 1. The summed E-state index contributed by atoms with van der Waals surface area (Å²) in [5, 5.41) is 0. The highest BCUT2D eigenvalue weighted by molar-refractivity contribution is 5.75. The van der Waals surface area contributed by atoms with Crippen molar-refractivity contribution in [1.82, 2.24) is 0 Å². The van der Waals surface area contributed by atoms with Crippen molar-refractivity contribution in [2.45, 2.75) is 6.61 Å². The molecule has 0 fully saturated rings. The Hall–Kier alpha value is -3.13. The van der Waals surface area contributed by atoms with Crippen molar-refractivity contribution >= 4 is 12.4 Å². The van der Waals surface area contributed by atoms with Gasteiger partial charge in [-0.15, -0.1) is 0 Å². The van der Waals surface area contributed by atoms with Crippen molar-refractivity contribution in [3.63, 3.8) is 0 Å². The average Bonchev–Trinajstić information content (AvgIpc) is 2.66. The highest BCUT2D eigenvalue weighted by Crippen LogP contribution is 2.24. The minimum absolute atomic E-state index is 0.562. The van der Waals surface area contributed by atoms with Gasteiger partial charge in [-0.3, -0.25) is 4.79 Å². The lowest BCUT2D eigenvalue weighted by Gasteiger charge is -2.08. The molecule has 0 unspecified atom stereocenters. The third kappa shape index (κ3) is 4.20. The fourth-order valence-electron chi connectivity index (χ4n) is 2.46. The molecule has 3 aromatic rings. The summed E-state index contributed by atoms with van der Waals surface area (Å²) in [4.78, 5) is 10.4. The Labute approximate surface area is 142 Å². The van der Waals surface area contributed by atoms with Gasteiger partial charge in [-0.1, -0.05) is 66.7 Å². The zero-order valence-corrected chi connectivity index (χ0v) is 13.3. The Balaban J connectivity index is 1.70. The Morgan fingerprint density at radius 3 is 2.33 bits per heavy atom. The molecular formula is C22H18O2. The fraction of sp³-hybridized carbons (Fsp3) is 0.0455. The summed E-state index contributed by atoms with van der Waals surface area (Å²) < 4.78 is 5.81. The van der Waals surface area contributed by atoms with E-state index in [1.807, 2.05) is 66.7 Å². The third-order valence-corrected chi connectivity index (χ3v) is 3.69. The Bertz CT molecular complexity index is 818. The molecule has 0 heterocycles. The molecule has 0 aromatic heterocycles. The van der Waals surface area contributed by atoms with Crippen LogP contribution in [0, 0.1) is 0 Å². The Kier molecular flexibility index (Phi) is 5.21. The molecule has 0 radical (unpaired) electrons. The highest BCUT2D eigenvalue weighted by Gasteiger charge is 2.00. The van der Waals surface area contributed by atoms with Crippen LogP contribution in [0.1, 0.15) is 11.1 Å².